The molecule has 0 saturated heterocycles. The van der Waals surface area contributed by atoms with Gasteiger partial charge in [-0.3, -0.25) is 4.98 Å². The van der Waals surface area contributed by atoms with Crippen LogP contribution in [-0.4, -0.2) is 4.98 Å². The second-order valence-corrected chi connectivity index (χ2v) is 6.45. The Labute approximate surface area is 125 Å². The predicted molar refractivity (Wildman–Crippen MR) is 88.3 cm³/mol. The minimum atomic E-state index is 0.315. The van der Waals surface area contributed by atoms with E-state index in [9.17, 15) is 0 Å². The molecule has 104 valence electrons. The van der Waals surface area contributed by atoms with Crippen molar-refractivity contribution in [2.45, 2.75) is 25.7 Å². The number of benzene rings is 2. The first-order valence-electron chi connectivity index (χ1n) is 7.64. The third kappa shape index (κ3) is 1.88. The van der Waals surface area contributed by atoms with Crippen molar-refractivity contribution in [1.82, 2.24) is 4.98 Å². The highest BCUT2D eigenvalue weighted by Gasteiger charge is 2.48. The van der Waals surface area contributed by atoms with Gasteiger partial charge in [0.05, 0.1) is 5.69 Å². The van der Waals surface area contributed by atoms with E-state index in [-0.39, 0.29) is 0 Å². The van der Waals surface area contributed by atoms with Gasteiger partial charge in [0.2, 0.25) is 0 Å². The largest absolute Gasteiger partial charge is 0.256 e. The van der Waals surface area contributed by atoms with Crippen LogP contribution in [-0.2, 0) is 5.41 Å². The van der Waals surface area contributed by atoms with Crippen molar-refractivity contribution in [3.8, 4) is 11.3 Å². The summed E-state index contributed by atoms with van der Waals surface area (Å²) < 4.78 is 0. The van der Waals surface area contributed by atoms with E-state index in [0.29, 0.717) is 5.41 Å². The Morgan fingerprint density at radius 1 is 1.00 bits per heavy atom. The summed E-state index contributed by atoms with van der Waals surface area (Å²) in [5.41, 5.74) is 4.17. The average molecular weight is 273 g/mol. The van der Waals surface area contributed by atoms with Gasteiger partial charge in [-0.15, -0.1) is 0 Å². The quantitative estimate of drug-likeness (QED) is 0.625. The van der Waals surface area contributed by atoms with Gasteiger partial charge in [-0.05, 0) is 34.8 Å². The lowest BCUT2D eigenvalue weighted by Gasteiger charge is -2.17. The molecule has 2 aromatic carbocycles. The molecule has 1 unspecified atom stereocenters. The van der Waals surface area contributed by atoms with E-state index in [1.165, 1.54) is 28.3 Å². The molecule has 0 aliphatic heterocycles. The van der Waals surface area contributed by atoms with E-state index >= 15 is 0 Å². The molecule has 1 aliphatic carbocycles. The van der Waals surface area contributed by atoms with E-state index < -0.39 is 0 Å². The van der Waals surface area contributed by atoms with Crippen molar-refractivity contribution in [2.24, 2.45) is 5.92 Å². The minimum absolute atomic E-state index is 0.315. The van der Waals surface area contributed by atoms with Crippen molar-refractivity contribution in [2.75, 3.05) is 0 Å². The van der Waals surface area contributed by atoms with Gasteiger partial charge in [-0.1, -0.05) is 62.4 Å². The predicted octanol–water partition coefficient (Wildman–Crippen LogP) is 5.20. The molecule has 1 heterocycles. The molecular formula is C20H19N. The van der Waals surface area contributed by atoms with Gasteiger partial charge >= 0.3 is 0 Å². The molecule has 1 heteroatoms. The zero-order valence-corrected chi connectivity index (χ0v) is 12.5. The summed E-state index contributed by atoms with van der Waals surface area (Å²) in [6.07, 6.45) is 3.20. The van der Waals surface area contributed by atoms with Crippen LogP contribution in [0.4, 0.5) is 0 Å². The molecule has 1 nitrogen and oxygen atoms in total. The Morgan fingerprint density at radius 2 is 1.71 bits per heavy atom. The highest BCUT2D eigenvalue weighted by atomic mass is 14.7. The SMILES string of the molecule is C[C@@H]1CC1(C)c1ccccc1-c1nccc2ccccc12. The van der Waals surface area contributed by atoms with Gasteiger partial charge in [-0.2, -0.15) is 0 Å². The van der Waals surface area contributed by atoms with Crippen LogP contribution in [0.5, 0.6) is 0 Å². The zero-order chi connectivity index (χ0) is 14.4. The van der Waals surface area contributed by atoms with Gasteiger partial charge in [0.1, 0.15) is 0 Å². The molecule has 21 heavy (non-hydrogen) atoms. The lowest BCUT2D eigenvalue weighted by atomic mass is 9.88. The Bertz CT molecular complexity index is 815. The highest BCUT2D eigenvalue weighted by molar-refractivity contribution is 5.95. The average Bonchev–Trinajstić information content (AvgIpc) is 3.15. The number of fused-ring (bicyclic) bond motifs is 1. The zero-order valence-electron chi connectivity index (χ0n) is 12.5. The Balaban J connectivity index is 1.98. The van der Waals surface area contributed by atoms with Crippen molar-refractivity contribution < 1.29 is 0 Å². The monoisotopic (exact) mass is 273 g/mol. The molecule has 3 aromatic rings. The number of nitrogens with zero attached hydrogens (tertiary/aromatic N) is 1. The summed E-state index contributed by atoms with van der Waals surface area (Å²) in [4.78, 5) is 4.70. The molecule has 0 bridgehead atoms. The number of hydrogen-bond acceptors (Lipinski definition) is 1. The number of hydrogen-bond donors (Lipinski definition) is 0. The van der Waals surface area contributed by atoms with Gasteiger partial charge < -0.3 is 0 Å². The fraction of sp³-hybridized carbons (Fsp3) is 0.250. The normalized spacial score (nSPS) is 24.2. The van der Waals surface area contributed by atoms with Crippen LogP contribution in [0, 0.1) is 5.92 Å². The first-order valence-corrected chi connectivity index (χ1v) is 7.64. The summed E-state index contributed by atoms with van der Waals surface area (Å²) >= 11 is 0. The highest BCUT2D eigenvalue weighted by Crippen LogP contribution is 2.55. The molecule has 1 fully saturated rings. The maximum absolute atomic E-state index is 4.70. The Kier molecular flexibility index (Phi) is 2.65. The Morgan fingerprint density at radius 3 is 2.52 bits per heavy atom. The molecule has 1 aromatic heterocycles. The first-order chi connectivity index (χ1) is 10.2. The summed E-state index contributed by atoms with van der Waals surface area (Å²) in [6.45, 7) is 4.72. The van der Waals surface area contributed by atoms with Crippen LogP contribution >= 0.6 is 0 Å². The molecular weight excluding hydrogens is 254 g/mol. The molecule has 0 N–H and O–H groups in total. The van der Waals surface area contributed by atoms with Crippen LogP contribution in [0.3, 0.4) is 0 Å². The lowest BCUT2D eigenvalue weighted by molar-refractivity contribution is 0.703. The van der Waals surface area contributed by atoms with Crippen LogP contribution in [0.15, 0.2) is 60.8 Å². The lowest BCUT2D eigenvalue weighted by Crippen LogP contribution is -2.06. The van der Waals surface area contributed by atoms with E-state index in [1.54, 1.807) is 0 Å². The second-order valence-electron chi connectivity index (χ2n) is 6.45. The summed E-state index contributed by atoms with van der Waals surface area (Å²) in [5.74, 6) is 0.758. The van der Waals surface area contributed by atoms with Gasteiger partial charge in [0.15, 0.2) is 0 Å². The molecule has 4 rings (SSSR count). The van der Waals surface area contributed by atoms with Crippen LogP contribution in [0.25, 0.3) is 22.0 Å². The van der Waals surface area contributed by atoms with E-state index in [0.717, 1.165) is 11.6 Å². The topological polar surface area (TPSA) is 12.9 Å². The Hall–Kier alpha value is -2.15. The van der Waals surface area contributed by atoms with E-state index in [2.05, 4.69) is 68.4 Å². The number of aromatic nitrogens is 1. The molecule has 1 saturated carbocycles. The van der Waals surface area contributed by atoms with Gasteiger partial charge in [-0.25, -0.2) is 0 Å². The van der Waals surface area contributed by atoms with Gasteiger partial charge in [0, 0.05) is 17.1 Å². The number of rotatable bonds is 2. The molecule has 1 aliphatic rings. The molecule has 0 radical (unpaired) electrons. The smallest absolute Gasteiger partial charge is 0.0783 e. The van der Waals surface area contributed by atoms with Gasteiger partial charge in [0.25, 0.3) is 0 Å². The molecule has 2 atom stereocenters. The van der Waals surface area contributed by atoms with E-state index in [4.69, 9.17) is 4.98 Å². The summed E-state index contributed by atoms with van der Waals surface area (Å²) in [5, 5.41) is 2.50. The third-order valence-corrected chi connectivity index (χ3v) is 5.13. The maximum Gasteiger partial charge on any atom is 0.0783 e. The van der Waals surface area contributed by atoms with Crippen molar-refractivity contribution in [1.29, 1.82) is 0 Å². The first kappa shape index (κ1) is 12.6. The summed E-state index contributed by atoms with van der Waals surface area (Å²) in [7, 11) is 0. The summed E-state index contributed by atoms with van der Waals surface area (Å²) in [6, 6.07) is 19.4. The van der Waals surface area contributed by atoms with Crippen molar-refractivity contribution in [3.05, 3.63) is 66.4 Å². The standard InChI is InChI=1S/C20H19N/c1-14-13-20(14,2)18-10-6-5-9-17(18)19-16-8-4-3-7-15(16)11-12-21-19/h3-12,14H,13H2,1-2H3/t14-,20?/m1/s1. The van der Waals surface area contributed by atoms with Crippen molar-refractivity contribution >= 4 is 10.8 Å². The third-order valence-electron chi connectivity index (χ3n) is 5.13. The molecule has 0 amide bonds. The van der Waals surface area contributed by atoms with Crippen LogP contribution < -0.4 is 0 Å². The maximum atomic E-state index is 4.70. The van der Waals surface area contributed by atoms with Crippen molar-refractivity contribution in [3.63, 3.8) is 0 Å². The minimum Gasteiger partial charge on any atom is -0.256 e. The fourth-order valence-electron chi connectivity index (χ4n) is 3.47. The van der Waals surface area contributed by atoms with Crippen LogP contribution in [0.1, 0.15) is 25.8 Å². The van der Waals surface area contributed by atoms with Crippen LogP contribution in [0.2, 0.25) is 0 Å². The van der Waals surface area contributed by atoms with E-state index in [1.807, 2.05) is 6.20 Å². The fourth-order valence-corrected chi connectivity index (χ4v) is 3.47. The molecule has 0 spiro atoms. The number of pyridine rings is 1. The second kappa shape index (κ2) is 4.42.